The number of hydrogen-bond acceptors (Lipinski definition) is 6. The summed E-state index contributed by atoms with van der Waals surface area (Å²) >= 11 is 0. The number of nitrogens with one attached hydrogen (secondary N) is 1. The lowest BCUT2D eigenvalue weighted by atomic mass is 10.0. The highest BCUT2D eigenvalue weighted by Crippen LogP contribution is 2.30. The molecule has 9 nitrogen and oxygen atoms in total. The van der Waals surface area contributed by atoms with Crippen molar-refractivity contribution in [1.82, 2.24) is 29.5 Å². The molecule has 182 valence electrons. The van der Waals surface area contributed by atoms with Crippen molar-refractivity contribution in [3.05, 3.63) is 96.6 Å². The van der Waals surface area contributed by atoms with Crippen LogP contribution in [0.3, 0.4) is 0 Å². The maximum atomic E-state index is 13.7. The topological polar surface area (TPSA) is 99.8 Å². The molecule has 0 saturated carbocycles. The number of amides is 1. The summed E-state index contributed by atoms with van der Waals surface area (Å²) in [6.07, 6.45) is 3.18. The molecule has 0 spiro atoms. The van der Waals surface area contributed by atoms with Crippen LogP contribution in [0, 0.1) is 6.92 Å². The normalized spacial score (nSPS) is 11.2. The molecule has 1 N–H and O–H groups in total. The van der Waals surface area contributed by atoms with Crippen molar-refractivity contribution >= 4 is 33.5 Å². The highest BCUT2D eigenvalue weighted by atomic mass is 16.5. The summed E-state index contributed by atoms with van der Waals surface area (Å²) in [5, 5.41) is 14.6. The number of fused-ring (bicyclic) bond motifs is 2. The Balaban J connectivity index is 1.44. The Morgan fingerprint density at radius 3 is 2.59 bits per heavy atom. The Hall–Kier alpha value is -5.05. The summed E-state index contributed by atoms with van der Waals surface area (Å²) in [4.78, 5) is 22.6. The van der Waals surface area contributed by atoms with Crippen molar-refractivity contribution in [3.63, 3.8) is 0 Å². The van der Waals surface area contributed by atoms with Crippen molar-refractivity contribution in [2.75, 3.05) is 11.9 Å². The number of benzene rings is 3. The van der Waals surface area contributed by atoms with Gasteiger partial charge in [-0.15, -0.1) is 0 Å². The molecular formula is C28H23N7O2. The van der Waals surface area contributed by atoms with E-state index < -0.39 is 0 Å². The van der Waals surface area contributed by atoms with E-state index in [1.807, 2.05) is 80.6 Å². The predicted octanol–water partition coefficient (Wildman–Crippen LogP) is 5.11. The van der Waals surface area contributed by atoms with Gasteiger partial charge in [0.2, 0.25) is 0 Å². The maximum absolute atomic E-state index is 13.7. The average molecular weight is 490 g/mol. The minimum atomic E-state index is -0.299. The summed E-state index contributed by atoms with van der Waals surface area (Å²) < 4.78 is 9.17. The first-order valence-corrected chi connectivity index (χ1v) is 11.9. The van der Waals surface area contributed by atoms with Crippen LogP contribution in [0.4, 0.5) is 5.82 Å². The number of hydrogen-bond donors (Lipinski definition) is 1. The van der Waals surface area contributed by atoms with E-state index in [2.05, 4.69) is 25.5 Å². The number of carbonyl (C=O) groups is 1. The number of carbonyl (C=O) groups excluding carboxylic acids is 1. The lowest BCUT2D eigenvalue weighted by molar-refractivity contribution is 0.102. The highest BCUT2D eigenvalue weighted by Gasteiger charge is 2.21. The summed E-state index contributed by atoms with van der Waals surface area (Å²) in [7, 11) is 0. The molecule has 0 atom stereocenters. The molecule has 3 aromatic heterocycles. The van der Waals surface area contributed by atoms with Crippen LogP contribution < -0.4 is 10.1 Å². The van der Waals surface area contributed by atoms with Crippen LogP contribution in [0.1, 0.15) is 23.0 Å². The molecule has 0 fully saturated rings. The van der Waals surface area contributed by atoms with E-state index in [9.17, 15) is 4.79 Å². The Labute approximate surface area is 212 Å². The van der Waals surface area contributed by atoms with Gasteiger partial charge in [-0.05, 0) is 42.8 Å². The van der Waals surface area contributed by atoms with Crippen LogP contribution in [0.25, 0.3) is 33.3 Å². The second kappa shape index (κ2) is 9.19. The van der Waals surface area contributed by atoms with Gasteiger partial charge in [-0.25, -0.2) is 14.6 Å². The number of ether oxygens (including phenoxy) is 1. The van der Waals surface area contributed by atoms with Gasteiger partial charge in [-0.1, -0.05) is 48.5 Å². The Morgan fingerprint density at radius 2 is 1.76 bits per heavy atom. The standard InChI is InChI=1S/C28H23N7O2/c1-3-37-23-14-13-19-9-7-8-12-21(19)25(23)28(36)32-24-15-18(2)33-35(24)27-22-16-31-34(26(22)29-17-30-27)20-10-5-4-6-11-20/h4-17H,3H2,1-2H3,(H,32,36). The predicted molar refractivity (Wildman–Crippen MR) is 142 cm³/mol. The van der Waals surface area contributed by atoms with Gasteiger partial charge < -0.3 is 10.1 Å². The second-order valence-electron chi connectivity index (χ2n) is 8.46. The average Bonchev–Trinajstić information content (AvgIpc) is 3.52. The fraction of sp³-hybridized carbons (Fsp3) is 0.107. The molecule has 0 aliphatic carbocycles. The fourth-order valence-corrected chi connectivity index (χ4v) is 4.45. The zero-order valence-corrected chi connectivity index (χ0v) is 20.3. The van der Waals surface area contributed by atoms with Gasteiger partial charge in [0, 0.05) is 6.07 Å². The molecule has 37 heavy (non-hydrogen) atoms. The molecule has 3 aromatic carbocycles. The quantitative estimate of drug-likeness (QED) is 0.349. The molecule has 0 aliphatic rings. The molecule has 0 aliphatic heterocycles. The summed E-state index contributed by atoms with van der Waals surface area (Å²) in [5.74, 6) is 1.21. The third-order valence-corrected chi connectivity index (χ3v) is 6.04. The minimum Gasteiger partial charge on any atom is -0.493 e. The number of aromatic nitrogens is 6. The van der Waals surface area contributed by atoms with Crippen molar-refractivity contribution < 1.29 is 9.53 Å². The lowest BCUT2D eigenvalue weighted by Crippen LogP contribution is -2.17. The van der Waals surface area contributed by atoms with Crippen LogP contribution >= 0.6 is 0 Å². The van der Waals surface area contributed by atoms with E-state index in [1.54, 1.807) is 21.6 Å². The number of rotatable bonds is 6. The van der Waals surface area contributed by atoms with Crippen molar-refractivity contribution in [1.29, 1.82) is 0 Å². The van der Waals surface area contributed by atoms with Crippen LogP contribution in [0.15, 0.2) is 85.3 Å². The fourth-order valence-electron chi connectivity index (χ4n) is 4.45. The first-order valence-electron chi connectivity index (χ1n) is 11.9. The number of para-hydroxylation sites is 1. The Morgan fingerprint density at radius 1 is 0.946 bits per heavy atom. The van der Waals surface area contributed by atoms with Gasteiger partial charge in [-0.2, -0.15) is 14.9 Å². The van der Waals surface area contributed by atoms with E-state index in [0.29, 0.717) is 40.6 Å². The first kappa shape index (κ1) is 22.4. The molecule has 3 heterocycles. The van der Waals surface area contributed by atoms with Crippen LogP contribution in [-0.2, 0) is 0 Å². The smallest absolute Gasteiger partial charge is 0.261 e. The van der Waals surface area contributed by atoms with Gasteiger partial charge in [0.1, 0.15) is 17.9 Å². The number of nitrogens with zero attached hydrogens (tertiary/aromatic N) is 6. The molecule has 9 heteroatoms. The molecular weight excluding hydrogens is 466 g/mol. The monoisotopic (exact) mass is 489 g/mol. The van der Waals surface area contributed by atoms with E-state index >= 15 is 0 Å². The van der Waals surface area contributed by atoms with E-state index in [0.717, 1.165) is 22.2 Å². The maximum Gasteiger partial charge on any atom is 0.261 e. The SMILES string of the molecule is CCOc1ccc2ccccc2c1C(=O)Nc1cc(C)nn1-c1ncnc2c1cnn2-c1ccccc1. The van der Waals surface area contributed by atoms with E-state index in [1.165, 1.54) is 6.33 Å². The molecule has 0 saturated heterocycles. The van der Waals surface area contributed by atoms with Crippen molar-refractivity contribution in [3.8, 4) is 17.3 Å². The van der Waals surface area contributed by atoms with Crippen molar-refractivity contribution in [2.45, 2.75) is 13.8 Å². The first-order chi connectivity index (χ1) is 18.1. The second-order valence-corrected chi connectivity index (χ2v) is 8.46. The zero-order chi connectivity index (χ0) is 25.4. The van der Waals surface area contributed by atoms with E-state index in [-0.39, 0.29) is 5.91 Å². The molecule has 0 unspecified atom stereocenters. The lowest BCUT2D eigenvalue weighted by Gasteiger charge is -2.14. The summed E-state index contributed by atoms with van der Waals surface area (Å²) in [6.45, 7) is 4.20. The Bertz CT molecular complexity index is 1760. The third-order valence-electron chi connectivity index (χ3n) is 6.04. The van der Waals surface area contributed by atoms with Crippen LogP contribution in [0.5, 0.6) is 5.75 Å². The van der Waals surface area contributed by atoms with Gasteiger partial charge in [0.05, 0.1) is 35.1 Å². The molecule has 6 rings (SSSR count). The molecule has 0 bridgehead atoms. The van der Waals surface area contributed by atoms with Crippen molar-refractivity contribution in [2.24, 2.45) is 0 Å². The zero-order valence-electron chi connectivity index (χ0n) is 20.3. The largest absolute Gasteiger partial charge is 0.493 e. The summed E-state index contributed by atoms with van der Waals surface area (Å²) in [6, 6.07) is 23.1. The molecule has 6 aromatic rings. The van der Waals surface area contributed by atoms with Gasteiger partial charge >= 0.3 is 0 Å². The van der Waals surface area contributed by atoms with Crippen LogP contribution in [0.2, 0.25) is 0 Å². The molecule has 1 amide bonds. The highest BCUT2D eigenvalue weighted by molar-refractivity contribution is 6.15. The minimum absolute atomic E-state index is 0.299. The number of anilines is 1. The van der Waals surface area contributed by atoms with Gasteiger partial charge in [-0.3, -0.25) is 4.79 Å². The summed E-state index contributed by atoms with van der Waals surface area (Å²) in [5.41, 5.74) is 2.71. The number of aryl methyl sites for hydroxylation is 1. The van der Waals surface area contributed by atoms with Gasteiger partial charge in [0.15, 0.2) is 11.5 Å². The van der Waals surface area contributed by atoms with Gasteiger partial charge in [0.25, 0.3) is 5.91 Å². The third kappa shape index (κ3) is 3.96. The van der Waals surface area contributed by atoms with Crippen LogP contribution in [-0.4, -0.2) is 42.0 Å². The molecule has 0 radical (unpaired) electrons. The van der Waals surface area contributed by atoms with E-state index in [4.69, 9.17) is 4.74 Å². The Kier molecular flexibility index (Phi) is 5.57.